The van der Waals surface area contributed by atoms with Crippen molar-refractivity contribution < 1.29 is 58.2 Å². The van der Waals surface area contributed by atoms with Crippen LogP contribution in [0.3, 0.4) is 0 Å². The molecule has 2 heteroatoms. The molecule has 0 bridgehead atoms. The molecule has 0 unspecified atom stereocenters. The van der Waals surface area contributed by atoms with Crippen molar-refractivity contribution in [2.75, 3.05) is 13.6 Å². The van der Waals surface area contributed by atoms with Crippen LogP contribution < -0.4 is 58.2 Å². The maximum atomic E-state index is 2.24. The Kier molecular flexibility index (Phi) is 5.79. The van der Waals surface area contributed by atoms with Gasteiger partial charge in [-0.1, -0.05) is 6.42 Å². The number of hydrogen-bond donors (Lipinski definition) is 0. The number of hydrogen-bond acceptors (Lipinski definition) is 1. The average Bonchev–Trinajstić information content (AvgIpc) is 1.86. The summed E-state index contributed by atoms with van der Waals surface area (Å²) in [7, 11) is 2.12. The summed E-state index contributed by atoms with van der Waals surface area (Å²) in [6, 6.07) is 0. The van der Waals surface area contributed by atoms with Gasteiger partial charge >= 0.3 is 58.2 Å². The Balaban J connectivity index is 0.000000360. The largest absolute Gasteiger partial charge is 1.00 e. The van der Waals surface area contributed by atoms with E-state index in [9.17, 15) is 0 Å². The minimum atomic E-state index is 0. The first kappa shape index (κ1) is 8.77. The molecule has 0 amide bonds. The Morgan fingerprint density at radius 3 is 2.43 bits per heavy atom. The first-order valence-corrected chi connectivity index (χ1v) is 2.43. The molecule has 0 N–H and O–H groups in total. The standard InChI is InChI=1S/C5H10N.Rb/c1-6-4-2-3-5-6;/h4H,2-3,5H2,1H3;/q-1;+1. The zero-order valence-corrected chi connectivity index (χ0v) is 10.1. The van der Waals surface area contributed by atoms with Crippen LogP contribution in [0.15, 0.2) is 0 Å². The van der Waals surface area contributed by atoms with E-state index in [1.165, 1.54) is 19.4 Å². The van der Waals surface area contributed by atoms with Crippen molar-refractivity contribution in [1.82, 2.24) is 4.90 Å². The van der Waals surface area contributed by atoms with Crippen LogP contribution in [0.2, 0.25) is 0 Å². The van der Waals surface area contributed by atoms with Gasteiger partial charge < -0.3 is 4.90 Å². The second-order valence-corrected chi connectivity index (χ2v) is 1.81. The Morgan fingerprint density at radius 2 is 2.29 bits per heavy atom. The predicted molar refractivity (Wildman–Crippen MR) is 26.2 cm³/mol. The van der Waals surface area contributed by atoms with Gasteiger partial charge in [-0.15, -0.1) is 0 Å². The van der Waals surface area contributed by atoms with E-state index >= 15 is 0 Å². The van der Waals surface area contributed by atoms with Crippen LogP contribution in [-0.2, 0) is 0 Å². The molecule has 7 heavy (non-hydrogen) atoms. The molecular weight excluding hydrogens is 160 g/mol. The van der Waals surface area contributed by atoms with Gasteiger partial charge in [-0.25, -0.2) is 0 Å². The summed E-state index contributed by atoms with van der Waals surface area (Å²) in [5.41, 5.74) is 0. The minimum Gasteiger partial charge on any atom is -0.459 e. The summed E-state index contributed by atoms with van der Waals surface area (Å²) in [5, 5.41) is 0. The van der Waals surface area contributed by atoms with Crippen LogP contribution in [-0.4, -0.2) is 18.5 Å². The topological polar surface area (TPSA) is 3.24 Å². The van der Waals surface area contributed by atoms with E-state index in [4.69, 9.17) is 0 Å². The zero-order valence-electron chi connectivity index (χ0n) is 5.15. The van der Waals surface area contributed by atoms with Crippen molar-refractivity contribution in [3.8, 4) is 0 Å². The molecule has 0 atom stereocenters. The molecule has 1 aliphatic heterocycles. The molecule has 1 aliphatic rings. The third-order valence-corrected chi connectivity index (χ3v) is 1.16. The second kappa shape index (κ2) is 4.63. The van der Waals surface area contributed by atoms with Crippen molar-refractivity contribution in [3.63, 3.8) is 0 Å². The van der Waals surface area contributed by atoms with Crippen LogP contribution >= 0.6 is 0 Å². The molecule has 0 aliphatic carbocycles. The fourth-order valence-corrected chi connectivity index (χ4v) is 0.744. The third kappa shape index (κ3) is 3.36. The van der Waals surface area contributed by atoms with Crippen molar-refractivity contribution >= 4 is 0 Å². The van der Waals surface area contributed by atoms with Gasteiger partial charge in [-0.3, -0.25) is 6.54 Å². The van der Waals surface area contributed by atoms with Gasteiger partial charge in [0.2, 0.25) is 0 Å². The smallest absolute Gasteiger partial charge is 0.459 e. The molecule has 1 heterocycles. The molecule has 0 saturated carbocycles. The van der Waals surface area contributed by atoms with Crippen molar-refractivity contribution in [2.45, 2.75) is 12.8 Å². The normalized spacial score (nSPS) is 21.9. The van der Waals surface area contributed by atoms with E-state index in [1.807, 2.05) is 0 Å². The van der Waals surface area contributed by atoms with Gasteiger partial charge in [0.15, 0.2) is 0 Å². The first-order chi connectivity index (χ1) is 2.89. The molecule has 1 fully saturated rings. The van der Waals surface area contributed by atoms with Crippen molar-refractivity contribution in [3.05, 3.63) is 6.54 Å². The maximum absolute atomic E-state index is 2.24. The minimum absolute atomic E-state index is 0. The molecule has 1 rings (SSSR count). The molecule has 0 radical (unpaired) electrons. The monoisotopic (exact) mass is 169 g/mol. The Bertz CT molecular complexity index is 41.3. The molecule has 0 aromatic carbocycles. The molecule has 0 aromatic rings. The first-order valence-electron chi connectivity index (χ1n) is 2.43. The van der Waals surface area contributed by atoms with Gasteiger partial charge in [0.25, 0.3) is 0 Å². The number of likely N-dealkylation sites (tertiary alicyclic amines) is 1. The summed E-state index contributed by atoms with van der Waals surface area (Å²) >= 11 is 0. The van der Waals surface area contributed by atoms with Crippen LogP contribution in [0, 0.1) is 6.54 Å². The second-order valence-electron chi connectivity index (χ2n) is 1.81. The number of nitrogens with zero attached hydrogens (tertiary/aromatic N) is 1. The van der Waals surface area contributed by atoms with Gasteiger partial charge in [-0.05, 0) is 13.6 Å². The van der Waals surface area contributed by atoms with E-state index in [1.54, 1.807) is 0 Å². The summed E-state index contributed by atoms with van der Waals surface area (Å²) in [6.45, 7) is 3.50. The zero-order chi connectivity index (χ0) is 4.41. The van der Waals surface area contributed by atoms with Gasteiger partial charge in [0.1, 0.15) is 0 Å². The molecule has 36 valence electrons. The van der Waals surface area contributed by atoms with Crippen molar-refractivity contribution in [1.29, 1.82) is 0 Å². The van der Waals surface area contributed by atoms with Gasteiger partial charge in [0, 0.05) is 0 Å². The predicted octanol–water partition coefficient (Wildman–Crippen LogP) is -2.12. The third-order valence-electron chi connectivity index (χ3n) is 1.16. The molecule has 1 saturated heterocycles. The van der Waals surface area contributed by atoms with Crippen LogP contribution in [0.25, 0.3) is 0 Å². The quantitative estimate of drug-likeness (QED) is 0.375. The Morgan fingerprint density at radius 1 is 1.57 bits per heavy atom. The summed E-state index contributed by atoms with van der Waals surface area (Å²) in [5.74, 6) is 0. The molecule has 1 nitrogen and oxygen atoms in total. The van der Waals surface area contributed by atoms with Crippen LogP contribution in [0.4, 0.5) is 0 Å². The fourth-order valence-electron chi connectivity index (χ4n) is 0.744. The van der Waals surface area contributed by atoms with E-state index < -0.39 is 0 Å². The maximum Gasteiger partial charge on any atom is 1.00 e. The van der Waals surface area contributed by atoms with Crippen LogP contribution in [0.1, 0.15) is 12.8 Å². The molecular formula is C5H10NRb. The molecule has 0 spiro atoms. The van der Waals surface area contributed by atoms with Gasteiger partial charge in [0.05, 0.1) is 0 Å². The van der Waals surface area contributed by atoms with Gasteiger partial charge in [-0.2, -0.15) is 6.42 Å². The molecule has 0 aromatic heterocycles. The average molecular weight is 170 g/mol. The summed E-state index contributed by atoms with van der Waals surface area (Å²) < 4.78 is 0. The Labute approximate surface area is 94.2 Å². The summed E-state index contributed by atoms with van der Waals surface area (Å²) in [6.07, 6.45) is 2.65. The Hall–Kier alpha value is 1.77. The van der Waals surface area contributed by atoms with E-state index in [2.05, 4.69) is 18.5 Å². The summed E-state index contributed by atoms with van der Waals surface area (Å²) in [4.78, 5) is 2.24. The van der Waals surface area contributed by atoms with E-state index in [-0.39, 0.29) is 58.2 Å². The van der Waals surface area contributed by atoms with E-state index in [0.717, 1.165) is 0 Å². The van der Waals surface area contributed by atoms with Crippen molar-refractivity contribution in [2.24, 2.45) is 0 Å². The van der Waals surface area contributed by atoms with E-state index in [0.29, 0.717) is 0 Å². The fraction of sp³-hybridized carbons (Fsp3) is 0.800. The number of rotatable bonds is 0. The SMILES string of the molecule is CN1[CH-]CCC1.[Rb+]. The van der Waals surface area contributed by atoms with Crippen LogP contribution in [0.5, 0.6) is 0 Å².